The fourth-order valence-corrected chi connectivity index (χ4v) is 3.54. The molecule has 3 heterocycles. The molecule has 7 nitrogen and oxygen atoms in total. The molecule has 2 N–H and O–H groups in total. The smallest absolute Gasteiger partial charge is 0.221 e. The van der Waals surface area contributed by atoms with Crippen LogP contribution in [0.25, 0.3) is 16.2 Å². The molecule has 0 spiro atoms. The quantitative estimate of drug-likeness (QED) is 0.537. The monoisotopic (exact) mass is 378 g/mol. The maximum atomic E-state index is 11.2. The Labute approximate surface area is 160 Å². The Kier molecular flexibility index (Phi) is 4.80. The van der Waals surface area contributed by atoms with Gasteiger partial charge in [0.25, 0.3) is 0 Å². The highest BCUT2D eigenvalue weighted by Crippen LogP contribution is 2.26. The van der Waals surface area contributed by atoms with Crippen LogP contribution in [0.4, 0.5) is 10.8 Å². The summed E-state index contributed by atoms with van der Waals surface area (Å²) in [6.07, 6.45) is 6.41. The van der Waals surface area contributed by atoms with Gasteiger partial charge in [0.1, 0.15) is 0 Å². The van der Waals surface area contributed by atoms with Crippen molar-refractivity contribution in [2.75, 3.05) is 17.2 Å². The predicted octanol–water partition coefficient (Wildman–Crippen LogP) is 3.47. The molecule has 4 aromatic rings. The van der Waals surface area contributed by atoms with Gasteiger partial charge in [0.15, 0.2) is 0 Å². The van der Waals surface area contributed by atoms with Crippen molar-refractivity contribution in [3.05, 3.63) is 60.6 Å². The Balaban J connectivity index is 1.45. The standard InChI is InChI=1S/C19H18N6OS/c1-13(26)22-16-4-2-3-15(11-16)17-12-25-19(23-17)27-18(24-25)21-10-7-14-5-8-20-9-6-14/h2-6,8-9,11-12H,7,10H2,1H3,(H,21,24)(H,22,26). The van der Waals surface area contributed by atoms with E-state index in [1.54, 1.807) is 16.9 Å². The molecule has 0 radical (unpaired) electrons. The van der Waals surface area contributed by atoms with E-state index in [0.717, 1.165) is 40.0 Å². The number of anilines is 2. The summed E-state index contributed by atoms with van der Waals surface area (Å²) in [5.41, 5.74) is 3.75. The number of aromatic nitrogens is 4. The third-order valence-corrected chi connectivity index (χ3v) is 4.84. The summed E-state index contributed by atoms with van der Waals surface area (Å²) in [4.78, 5) is 20.7. The van der Waals surface area contributed by atoms with E-state index in [-0.39, 0.29) is 5.91 Å². The second kappa shape index (κ2) is 7.55. The molecule has 0 aliphatic carbocycles. The Bertz CT molecular complexity index is 1040. The molecule has 1 aromatic carbocycles. The molecule has 0 saturated heterocycles. The molecule has 0 saturated carbocycles. The van der Waals surface area contributed by atoms with Gasteiger partial charge in [0.05, 0.1) is 11.9 Å². The van der Waals surface area contributed by atoms with Gasteiger partial charge in [-0.25, -0.2) is 9.50 Å². The van der Waals surface area contributed by atoms with Crippen molar-refractivity contribution in [1.82, 2.24) is 19.6 Å². The number of rotatable bonds is 6. The number of hydrogen-bond donors (Lipinski definition) is 2. The maximum Gasteiger partial charge on any atom is 0.221 e. The summed E-state index contributed by atoms with van der Waals surface area (Å²) in [6, 6.07) is 11.6. The summed E-state index contributed by atoms with van der Waals surface area (Å²) < 4.78 is 1.78. The van der Waals surface area contributed by atoms with Crippen LogP contribution in [-0.4, -0.2) is 32.0 Å². The van der Waals surface area contributed by atoms with Crippen LogP contribution in [0.1, 0.15) is 12.5 Å². The van der Waals surface area contributed by atoms with E-state index in [1.165, 1.54) is 23.8 Å². The van der Waals surface area contributed by atoms with Crippen LogP contribution < -0.4 is 10.6 Å². The van der Waals surface area contributed by atoms with E-state index in [2.05, 4.69) is 25.7 Å². The van der Waals surface area contributed by atoms with Crippen molar-refractivity contribution in [3.8, 4) is 11.3 Å². The van der Waals surface area contributed by atoms with E-state index in [4.69, 9.17) is 0 Å². The highest BCUT2D eigenvalue weighted by molar-refractivity contribution is 7.20. The summed E-state index contributed by atoms with van der Waals surface area (Å²) in [7, 11) is 0. The topological polar surface area (TPSA) is 84.2 Å². The van der Waals surface area contributed by atoms with Gasteiger partial charge in [-0.2, -0.15) is 0 Å². The van der Waals surface area contributed by atoms with Gasteiger partial charge in [-0.15, -0.1) is 5.10 Å². The Morgan fingerprint density at radius 3 is 2.85 bits per heavy atom. The van der Waals surface area contributed by atoms with Crippen molar-refractivity contribution < 1.29 is 4.79 Å². The van der Waals surface area contributed by atoms with Crippen LogP contribution in [0.5, 0.6) is 0 Å². The summed E-state index contributed by atoms with van der Waals surface area (Å²) in [5, 5.41) is 11.5. The van der Waals surface area contributed by atoms with E-state index < -0.39 is 0 Å². The van der Waals surface area contributed by atoms with Crippen molar-refractivity contribution in [3.63, 3.8) is 0 Å². The lowest BCUT2D eigenvalue weighted by molar-refractivity contribution is -0.114. The largest absolute Gasteiger partial charge is 0.360 e. The number of nitrogens with zero attached hydrogens (tertiary/aromatic N) is 4. The van der Waals surface area contributed by atoms with Gasteiger partial charge >= 0.3 is 0 Å². The van der Waals surface area contributed by atoms with Crippen molar-refractivity contribution in [2.45, 2.75) is 13.3 Å². The molecule has 0 fully saturated rings. The molecule has 4 rings (SSSR count). The molecule has 0 atom stereocenters. The number of pyridine rings is 1. The Hall–Kier alpha value is -3.26. The molecule has 0 aliphatic heterocycles. The zero-order valence-electron chi connectivity index (χ0n) is 14.7. The Morgan fingerprint density at radius 2 is 2.07 bits per heavy atom. The molecule has 8 heteroatoms. The molecule has 0 unspecified atom stereocenters. The molecule has 1 amide bonds. The van der Waals surface area contributed by atoms with Gasteiger partial charge in [-0.1, -0.05) is 23.5 Å². The average Bonchev–Trinajstić information content (AvgIpc) is 3.21. The summed E-state index contributed by atoms with van der Waals surface area (Å²) in [5.74, 6) is -0.0953. The van der Waals surface area contributed by atoms with Crippen LogP contribution in [-0.2, 0) is 11.2 Å². The number of benzene rings is 1. The van der Waals surface area contributed by atoms with Gasteiger partial charge in [0, 0.05) is 37.1 Å². The van der Waals surface area contributed by atoms with Gasteiger partial charge in [-0.3, -0.25) is 9.78 Å². The maximum absolute atomic E-state index is 11.2. The lowest BCUT2D eigenvalue weighted by Crippen LogP contribution is -2.05. The number of hydrogen-bond acceptors (Lipinski definition) is 6. The highest BCUT2D eigenvalue weighted by Gasteiger charge is 2.10. The van der Waals surface area contributed by atoms with E-state index in [0.29, 0.717) is 0 Å². The number of imidazole rings is 1. The minimum atomic E-state index is -0.0953. The van der Waals surface area contributed by atoms with Crippen molar-refractivity contribution in [1.29, 1.82) is 0 Å². The summed E-state index contributed by atoms with van der Waals surface area (Å²) >= 11 is 1.51. The highest BCUT2D eigenvalue weighted by atomic mass is 32.1. The minimum Gasteiger partial charge on any atom is -0.360 e. The fourth-order valence-electron chi connectivity index (χ4n) is 2.73. The lowest BCUT2D eigenvalue weighted by atomic mass is 10.1. The number of carbonyl (C=O) groups is 1. The fraction of sp³-hybridized carbons (Fsp3) is 0.158. The first-order valence-corrected chi connectivity index (χ1v) is 9.36. The second-order valence-corrected chi connectivity index (χ2v) is 7.01. The van der Waals surface area contributed by atoms with Crippen LogP contribution in [0, 0.1) is 0 Å². The molecule has 27 heavy (non-hydrogen) atoms. The zero-order valence-corrected chi connectivity index (χ0v) is 15.5. The van der Waals surface area contributed by atoms with Gasteiger partial charge in [0.2, 0.25) is 16.0 Å². The molecular weight excluding hydrogens is 360 g/mol. The second-order valence-electron chi connectivity index (χ2n) is 6.05. The van der Waals surface area contributed by atoms with Crippen LogP contribution >= 0.6 is 11.3 Å². The van der Waals surface area contributed by atoms with E-state index in [1.807, 2.05) is 42.6 Å². The normalized spacial score (nSPS) is 10.9. The van der Waals surface area contributed by atoms with Crippen molar-refractivity contribution in [2.24, 2.45) is 0 Å². The first kappa shape index (κ1) is 17.2. The SMILES string of the molecule is CC(=O)Nc1cccc(-c2cn3nc(NCCc4ccncc4)sc3n2)c1. The van der Waals surface area contributed by atoms with Crippen LogP contribution in [0.15, 0.2) is 55.0 Å². The molecule has 0 aliphatic rings. The number of carbonyl (C=O) groups excluding carboxylic acids is 1. The Morgan fingerprint density at radius 1 is 1.22 bits per heavy atom. The third-order valence-electron chi connectivity index (χ3n) is 3.96. The molecular formula is C19H18N6OS. The van der Waals surface area contributed by atoms with Crippen molar-refractivity contribution >= 4 is 33.0 Å². The molecule has 3 aromatic heterocycles. The molecule has 136 valence electrons. The minimum absolute atomic E-state index is 0.0953. The first-order valence-electron chi connectivity index (χ1n) is 8.54. The predicted molar refractivity (Wildman–Crippen MR) is 107 cm³/mol. The van der Waals surface area contributed by atoms with Gasteiger partial charge < -0.3 is 10.6 Å². The summed E-state index contributed by atoms with van der Waals surface area (Å²) in [6.45, 7) is 2.29. The first-order chi connectivity index (χ1) is 13.2. The van der Waals surface area contributed by atoms with E-state index in [9.17, 15) is 4.79 Å². The van der Waals surface area contributed by atoms with Gasteiger partial charge in [-0.05, 0) is 36.2 Å². The average molecular weight is 378 g/mol. The number of amides is 1. The van der Waals surface area contributed by atoms with Crippen LogP contribution in [0.3, 0.4) is 0 Å². The zero-order chi connectivity index (χ0) is 18.6. The van der Waals surface area contributed by atoms with E-state index >= 15 is 0 Å². The number of fused-ring (bicyclic) bond motifs is 1. The lowest BCUT2D eigenvalue weighted by Gasteiger charge is -2.03. The van der Waals surface area contributed by atoms with Crippen LogP contribution in [0.2, 0.25) is 0 Å². The number of nitrogens with one attached hydrogen (secondary N) is 2. The molecule has 0 bridgehead atoms. The third kappa shape index (κ3) is 4.12.